The van der Waals surface area contributed by atoms with Crippen LogP contribution in [0.5, 0.6) is 0 Å². The number of hydrogen-bond acceptors (Lipinski definition) is 4. The Morgan fingerprint density at radius 1 is 1.29 bits per heavy atom. The largest absolute Gasteiger partial charge is 0.467 e. The maximum absolute atomic E-state index is 11.1. The number of esters is 1. The van der Waals surface area contributed by atoms with Crippen molar-refractivity contribution < 1.29 is 19.4 Å². The van der Waals surface area contributed by atoms with Crippen molar-refractivity contribution in [3.8, 4) is 0 Å². The molecule has 0 aliphatic rings. The number of benzene rings is 1. The molecule has 0 heterocycles. The molecule has 0 aliphatic carbocycles. The Balaban J connectivity index is 2.58. The van der Waals surface area contributed by atoms with Gasteiger partial charge in [-0.2, -0.15) is 0 Å². The second kappa shape index (κ2) is 7.04. The number of aliphatic hydroxyl groups excluding tert-OH is 1. The summed E-state index contributed by atoms with van der Waals surface area (Å²) in [5.41, 5.74) is 1.70. The van der Waals surface area contributed by atoms with Gasteiger partial charge in [-0.1, -0.05) is 24.3 Å². The van der Waals surface area contributed by atoms with Gasteiger partial charge in [0.2, 0.25) is 0 Å². The Kier molecular flexibility index (Phi) is 5.66. The lowest BCUT2D eigenvalue weighted by molar-refractivity contribution is -0.150. The second-order valence-electron chi connectivity index (χ2n) is 3.76. The van der Waals surface area contributed by atoms with E-state index < -0.39 is 12.1 Å². The van der Waals surface area contributed by atoms with Gasteiger partial charge in [0, 0.05) is 13.7 Å². The van der Waals surface area contributed by atoms with Gasteiger partial charge in [-0.3, -0.25) is 0 Å². The highest BCUT2D eigenvalue weighted by Gasteiger charge is 2.17. The molecule has 17 heavy (non-hydrogen) atoms. The van der Waals surface area contributed by atoms with Crippen LogP contribution in [0.25, 0.3) is 0 Å². The van der Waals surface area contributed by atoms with Crippen molar-refractivity contribution in [1.82, 2.24) is 0 Å². The van der Waals surface area contributed by atoms with Crippen molar-refractivity contribution in [3.05, 3.63) is 35.4 Å². The molecule has 1 rings (SSSR count). The van der Waals surface area contributed by atoms with Crippen molar-refractivity contribution >= 4 is 5.97 Å². The third-order valence-electron chi connectivity index (χ3n) is 2.53. The molecule has 4 nitrogen and oxygen atoms in total. The quantitative estimate of drug-likeness (QED) is 0.602. The first-order valence-electron chi connectivity index (χ1n) is 5.52. The molecule has 0 spiro atoms. The maximum Gasteiger partial charge on any atom is 0.339 e. The van der Waals surface area contributed by atoms with Crippen LogP contribution in [0.1, 0.15) is 23.7 Å². The van der Waals surface area contributed by atoms with E-state index in [1.807, 2.05) is 12.1 Å². The fraction of sp³-hybridized carbons (Fsp3) is 0.462. The Hall–Kier alpha value is -1.39. The van der Waals surface area contributed by atoms with E-state index in [1.165, 1.54) is 7.11 Å². The molecule has 1 atom stereocenters. The zero-order valence-electron chi connectivity index (χ0n) is 10.2. The van der Waals surface area contributed by atoms with E-state index >= 15 is 0 Å². The molecular weight excluding hydrogens is 220 g/mol. The summed E-state index contributed by atoms with van der Waals surface area (Å²) < 4.78 is 9.44. The predicted octanol–water partition coefficient (Wildman–Crippen LogP) is 1.47. The Labute approximate surface area is 101 Å². The van der Waals surface area contributed by atoms with Crippen molar-refractivity contribution in [2.75, 3.05) is 20.8 Å². The minimum atomic E-state index is -1.20. The van der Waals surface area contributed by atoms with Crippen LogP contribution in [0.3, 0.4) is 0 Å². The van der Waals surface area contributed by atoms with E-state index in [0.29, 0.717) is 5.56 Å². The van der Waals surface area contributed by atoms with Gasteiger partial charge in [0.15, 0.2) is 6.10 Å². The van der Waals surface area contributed by atoms with Crippen LogP contribution in [0.2, 0.25) is 0 Å². The topological polar surface area (TPSA) is 55.8 Å². The molecule has 0 fully saturated rings. The van der Waals surface area contributed by atoms with Crippen molar-refractivity contribution in [2.45, 2.75) is 18.9 Å². The number of ether oxygens (including phenoxy) is 2. The minimum Gasteiger partial charge on any atom is -0.467 e. The molecule has 0 saturated heterocycles. The Morgan fingerprint density at radius 3 is 2.47 bits per heavy atom. The third-order valence-corrected chi connectivity index (χ3v) is 2.53. The van der Waals surface area contributed by atoms with Crippen LogP contribution >= 0.6 is 0 Å². The fourth-order valence-corrected chi connectivity index (χ4v) is 1.53. The van der Waals surface area contributed by atoms with Crippen LogP contribution in [0, 0.1) is 0 Å². The van der Waals surface area contributed by atoms with Gasteiger partial charge in [0.1, 0.15) is 0 Å². The SMILES string of the molecule is COCCCc1ccc(C(O)C(=O)OC)cc1. The molecule has 0 amide bonds. The van der Waals surface area contributed by atoms with E-state index in [2.05, 4.69) is 4.74 Å². The first kappa shape index (κ1) is 13.7. The second-order valence-corrected chi connectivity index (χ2v) is 3.76. The van der Waals surface area contributed by atoms with Crippen LogP contribution in [0.4, 0.5) is 0 Å². The average Bonchev–Trinajstić information content (AvgIpc) is 2.38. The van der Waals surface area contributed by atoms with Gasteiger partial charge in [0.05, 0.1) is 7.11 Å². The summed E-state index contributed by atoms with van der Waals surface area (Å²) in [6.45, 7) is 0.729. The molecule has 1 N–H and O–H groups in total. The molecule has 1 aromatic rings. The molecule has 4 heteroatoms. The number of hydrogen-bond donors (Lipinski definition) is 1. The van der Waals surface area contributed by atoms with Gasteiger partial charge >= 0.3 is 5.97 Å². The molecule has 1 aromatic carbocycles. The Bertz CT molecular complexity index is 345. The summed E-state index contributed by atoms with van der Waals surface area (Å²) in [7, 11) is 2.93. The van der Waals surface area contributed by atoms with Gasteiger partial charge in [-0.05, 0) is 24.0 Å². The van der Waals surface area contributed by atoms with E-state index in [-0.39, 0.29) is 0 Å². The fourth-order valence-electron chi connectivity index (χ4n) is 1.53. The monoisotopic (exact) mass is 238 g/mol. The minimum absolute atomic E-state index is 0.548. The Morgan fingerprint density at radius 2 is 1.94 bits per heavy atom. The first-order valence-corrected chi connectivity index (χ1v) is 5.52. The van der Waals surface area contributed by atoms with E-state index in [1.54, 1.807) is 19.2 Å². The number of carbonyl (C=O) groups is 1. The van der Waals surface area contributed by atoms with Crippen molar-refractivity contribution in [2.24, 2.45) is 0 Å². The number of carbonyl (C=O) groups excluding carboxylic acids is 1. The molecule has 0 bridgehead atoms. The smallest absolute Gasteiger partial charge is 0.339 e. The lowest BCUT2D eigenvalue weighted by atomic mass is 10.0. The normalized spacial score (nSPS) is 12.2. The molecule has 1 unspecified atom stereocenters. The summed E-state index contributed by atoms with van der Waals surface area (Å²) in [6, 6.07) is 7.28. The number of aliphatic hydroxyl groups is 1. The molecule has 0 radical (unpaired) electrons. The van der Waals surface area contributed by atoms with Crippen LogP contribution in [0.15, 0.2) is 24.3 Å². The van der Waals surface area contributed by atoms with Crippen LogP contribution < -0.4 is 0 Å². The molecule has 0 saturated carbocycles. The lowest BCUT2D eigenvalue weighted by Gasteiger charge is -2.09. The zero-order valence-corrected chi connectivity index (χ0v) is 10.2. The standard InChI is InChI=1S/C13H18O4/c1-16-9-3-4-10-5-7-11(8-6-10)12(14)13(15)17-2/h5-8,12,14H,3-4,9H2,1-2H3. The van der Waals surface area contributed by atoms with E-state index in [4.69, 9.17) is 4.74 Å². The summed E-state index contributed by atoms with van der Waals surface area (Å²) in [5, 5.41) is 9.60. The van der Waals surface area contributed by atoms with Gasteiger partial charge in [0.25, 0.3) is 0 Å². The lowest BCUT2D eigenvalue weighted by Crippen LogP contribution is -2.13. The summed E-state index contributed by atoms with van der Waals surface area (Å²) in [6.07, 6.45) is 0.672. The number of rotatable bonds is 6. The van der Waals surface area contributed by atoms with Gasteiger partial charge < -0.3 is 14.6 Å². The number of aryl methyl sites for hydroxylation is 1. The van der Waals surface area contributed by atoms with Gasteiger partial charge in [-0.15, -0.1) is 0 Å². The predicted molar refractivity (Wildman–Crippen MR) is 63.6 cm³/mol. The van der Waals surface area contributed by atoms with Crippen LogP contribution in [-0.2, 0) is 20.7 Å². The third kappa shape index (κ3) is 4.17. The molecule has 0 aliphatic heterocycles. The molecule has 0 aromatic heterocycles. The van der Waals surface area contributed by atoms with E-state index in [0.717, 1.165) is 25.0 Å². The summed E-state index contributed by atoms with van der Waals surface area (Å²) in [5.74, 6) is -0.642. The van der Waals surface area contributed by atoms with Crippen molar-refractivity contribution in [3.63, 3.8) is 0 Å². The van der Waals surface area contributed by atoms with Gasteiger partial charge in [-0.25, -0.2) is 4.79 Å². The zero-order chi connectivity index (χ0) is 12.7. The highest BCUT2D eigenvalue weighted by atomic mass is 16.5. The average molecular weight is 238 g/mol. The highest BCUT2D eigenvalue weighted by molar-refractivity contribution is 5.76. The molecular formula is C13H18O4. The van der Waals surface area contributed by atoms with Crippen LogP contribution in [-0.4, -0.2) is 31.9 Å². The van der Waals surface area contributed by atoms with E-state index in [9.17, 15) is 9.90 Å². The molecule has 94 valence electrons. The first-order chi connectivity index (χ1) is 8.19. The number of methoxy groups -OCH3 is 2. The van der Waals surface area contributed by atoms with Crippen molar-refractivity contribution in [1.29, 1.82) is 0 Å². The summed E-state index contributed by atoms with van der Waals surface area (Å²) in [4.78, 5) is 11.1. The highest BCUT2D eigenvalue weighted by Crippen LogP contribution is 2.15. The maximum atomic E-state index is 11.1. The summed E-state index contributed by atoms with van der Waals surface area (Å²) >= 11 is 0.